The van der Waals surface area contributed by atoms with Crippen LogP contribution in [0.4, 0.5) is 0 Å². The number of rotatable bonds is 5. The molecule has 0 aromatic heterocycles. The zero-order chi connectivity index (χ0) is 13.0. The molecule has 1 saturated heterocycles. The standard InChI is InChI=1S/C14H17BrO3/c15-12-4-1-3-10(8-12)7-11(14(16)17)9-13-5-2-6-18-13/h1,3-4,8,11,13H,2,5-7,9H2,(H,16,17)/t11-,13-/m1/s1. The first-order chi connectivity index (χ1) is 8.65. The quantitative estimate of drug-likeness (QED) is 0.907. The first kappa shape index (κ1) is 13.6. The van der Waals surface area contributed by atoms with Crippen molar-refractivity contribution < 1.29 is 14.6 Å². The SMILES string of the molecule is O=C(O)[C@H](Cc1cccc(Br)c1)C[C@H]1CCCO1. The molecule has 1 aromatic carbocycles. The fourth-order valence-corrected chi connectivity index (χ4v) is 2.81. The minimum Gasteiger partial charge on any atom is -0.481 e. The molecule has 1 N–H and O–H groups in total. The Morgan fingerprint density at radius 3 is 3.00 bits per heavy atom. The zero-order valence-electron chi connectivity index (χ0n) is 10.1. The Morgan fingerprint density at radius 1 is 1.56 bits per heavy atom. The summed E-state index contributed by atoms with van der Waals surface area (Å²) in [6.07, 6.45) is 3.34. The maximum absolute atomic E-state index is 11.3. The number of ether oxygens (including phenoxy) is 1. The summed E-state index contributed by atoms with van der Waals surface area (Å²) in [7, 11) is 0. The van der Waals surface area contributed by atoms with E-state index in [2.05, 4.69) is 15.9 Å². The first-order valence-electron chi connectivity index (χ1n) is 6.24. The highest BCUT2D eigenvalue weighted by Gasteiger charge is 2.25. The summed E-state index contributed by atoms with van der Waals surface area (Å²) >= 11 is 3.41. The second kappa shape index (κ2) is 6.34. The average molecular weight is 313 g/mol. The van der Waals surface area contributed by atoms with Gasteiger partial charge in [0.2, 0.25) is 0 Å². The van der Waals surface area contributed by atoms with Crippen molar-refractivity contribution in [3.05, 3.63) is 34.3 Å². The number of carbonyl (C=O) groups is 1. The summed E-state index contributed by atoms with van der Waals surface area (Å²) < 4.78 is 6.51. The van der Waals surface area contributed by atoms with E-state index in [1.807, 2.05) is 24.3 Å². The lowest BCUT2D eigenvalue weighted by atomic mass is 9.93. The third kappa shape index (κ3) is 3.82. The Balaban J connectivity index is 1.99. The largest absolute Gasteiger partial charge is 0.481 e. The van der Waals surface area contributed by atoms with Crippen LogP contribution in [0.15, 0.2) is 28.7 Å². The number of benzene rings is 1. The van der Waals surface area contributed by atoms with Crippen LogP contribution >= 0.6 is 15.9 Å². The highest BCUT2D eigenvalue weighted by atomic mass is 79.9. The van der Waals surface area contributed by atoms with Crippen LogP contribution < -0.4 is 0 Å². The Hall–Kier alpha value is -0.870. The van der Waals surface area contributed by atoms with Crippen molar-refractivity contribution in [3.63, 3.8) is 0 Å². The van der Waals surface area contributed by atoms with E-state index in [0.29, 0.717) is 12.8 Å². The van der Waals surface area contributed by atoms with Gasteiger partial charge in [-0.1, -0.05) is 28.1 Å². The van der Waals surface area contributed by atoms with Crippen molar-refractivity contribution in [2.75, 3.05) is 6.61 Å². The van der Waals surface area contributed by atoms with Gasteiger partial charge in [-0.2, -0.15) is 0 Å². The fourth-order valence-electron chi connectivity index (χ4n) is 2.37. The van der Waals surface area contributed by atoms with E-state index in [0.717, 1.165) is 29.5 Å². The molecule has 0 unspecified atom stereocenters. The molecule has 0 bridgehead atoms. The van der Waals surface area contributed by atoms with Crippen LogP contribution in [0.25, 0.3) is 0 Å². The van der Waals surface area contributed by atoms with Crippen LogP contribution in [0, 0.1) is 5.92 Å². The second-order valence-electron chi connectivity index (χ2n) is 4.74. The van der Waals surface area contributed by atoms with Gasteiger partial charge in [0.25, 0.3) is 0 Å². The summed E-state index contributed by atoms with van der Waals surface area (Å²) in [5, 5.41) is 9.30. The molecule has 98 valence electrons. The van der Waals surface area contributed by atoms with E-state index in [1.165, 1.54) is 0 Å². The molecule has 0 spiro atoms. The van der Waals surface area contributed by atoms with Crippen LogP contribution in [-0.4, -0.2) is 23.8 Å². The summed E-state index contributed by atoms with van der Waals surface area (Å²) in [5.74, 6) is -1.09. The molecule has 0 radical (unpaired) electrons. The van der Waals surface area contributed by atoms with Crippen LogP contribution in [0.2, 0.25) is 0 Å². The topological polar surface area (TPSA) is 46.5 Å². The Labute approximate surface area is 115 Å². The predicted molar refractivity (Wildman–Crippen MR) is 72.6 cm³/mol. The summed E-state index contributed by atoms with van der Waals surface area (Å²) in [6.45, 7) is 0.772. The fraction of sp³-hybridized carbons (Fsp3) is 0.500. The van der Waals surface area contributed by atoms with Gasteiger partial charge < -0.3 is 9.84 Å². The van der Waals surface area contributed by atoms with E-state index in [1.54, 1.807) is 0 Å². The van der Waals surface area contributed by atoms with Gasteiger partial charge in [0, 0.05) is 11.1 Å². The van der Waals surface area contributed by atoms with E-state index >= 15 is 0 Å². The number of hydrogen-bond acceptors (Lipinski definition) is 2. The molecule has 3 nitrogen and oxygen atoms in total. The summed E-state index contributed by atoms with van der Waals surface area (Å²) in [6, 6.07) is 7.82. The Morgan fingerprint density at radius 2 is 2.39 bits per heavy atom. The van der Waals surface area contributed by atoms with Crippen LogP contribution in [0.5, 0.6) is 0 Å². The monoisotopic (exact) mass is 312 g/mol. The van der Waals surface area contributed by atoms with Crippen molar-refractivity contribution >= 4 is 21.9 Å². The van der Waals surface area contributed by atoms with E-state index in [-0.39, 0.29) is 12.0 Å². The van der Waals surface area contributed by atoms with Gasteiger partial charge in [0.15, 0.2) is 0 Å². The van der Waals surface area contributed by atoms with Crippen molar-refractivity contribution in [2.45, 2.75) is 31.8 Å². The average Bonchev–Trinajstić information content (AvgIpc) is 2.81. The lowest BCUT2D eigenvalue weighted by Crippen LogP contribution is -2.22. The normalized spacial score (nSPS) is 20.8. The Bertz CT molecular complexity index is 413. The molecule has 1 aliphatic heterocycles. The zero-order valence-corrected chi connectivity index (χ0v) is 11.7. The molecular weight excluding hydrogens is 296 g/mol. The van der Waals surface area contributed by atoms with E-state index in [4.69, 9.17) is 4.74 Å². The maximum Gasteiger partial charge on any atom is 0.306 e. The van der Waals surface area contributed by atoms with Crippen LogP contribution in [-0.2, 0) is 16.0 Å². The molecule has 18 heavy (non-hydrogen) atoms. The predicted octanol–water partition coefficient (Wildman–Crippen LogP) is 3.26. The third-order valence-electron chi connectivity index (χ3n) is 3.29. The van der Waals surface area contributed by atoms with Gasteiger partial charge in [-0.15, -0.1) is 0 Å². The molecule has 2 atom stereocenters. The van der Waals surface area contributed by atoms with Crippen molar-refractivity contribution in [1.29, 1.82) is 0 Å². The number of halogens is 1. The van der Waals surface area contributed by atoms with Gasteiger partial charge >= 0.3 is 5.97 Å². The molecule has 0 amide bonds. The lowest BCUT2D eigenvalue weighted by molar-refractivity contribution is -0.142. The minimum absolute atomic E-state index is 0.123. The number of carboxylic acids is 1. The first-order valence-corrected chi connectivity index (χ1v) is 7.03. The molecule has 1 aromatic rings. The van der Waals surface area contributed by atoms with Crippen LogP contribution in [0.1, 0.15) is 24.8 Å². The smallest absolute Gasteiger partial charge is 0.306 e. The van der Waals surface area contributed by atoms with E-state index in [9.17, 15) is 9.90 Å². The summed E-state index contributed by atoms with van der Waals surface area (Å²) in [5.41, 5.74) is 1.05. The van der Waals surface area contributed by atoms with Crippen molar-refractivity contribution in [1.82, 2.24) is 0 Å². The molecule has 1 heterocycles. The molecule has 0 saturated carbocycles. The molecule has 4 heteroatoms. The van der Waals surface area contributed by atoms with Crippen molar-refractivity contribution in [2.24, 2.45) is 5.92 Å². The summed E-state index contributed by atoms with van der Waals surface area (Å²) in [4.78, 5) is 11.3. The third-order valence-corrected chi connectivity index (χ3v) is 3.79. The maximum atomic E-state index is 11.3. The second-order valence-corrected chi connectivity index (χ2v) is 5.66. The van der Waals surface area contributed by atoms with Crippen molar-refractivity contribution in [3.8, 4) is 0 Å². The lowest BCUT2D eigenvalue weighted by Gasteiger charge is -2.16. The van der Waals surface area contributed by atoms with Crippen LogP contribution in [0.3, 0.4) is 0 Å². The molecule has 1 fully saturated rings. The highest BCUT2D eigenvalue weighted by Crippen LogP contribution is 2.23. The number of hydrogen-bond donors (Lipinski definition) is 1. The molecular formula is C14H17BrO3. The number of carboxylic acid groups (broad SMARTS) is 1. The molecule has 2 rings (SSSR count). The van der Waals surface area contributed by atoms with Gasteiger partial charge in [0.1, 0.15) is 0 Å². The van der Waals surface area contributed by atoms with Gasteiger partial charge in [-0.05, 0) is 43.4 Å². The van der Waals surface area contributed by atoms with Gasteiger partial charge in [-0.25, -0.2) is 0 Å². The van der Waals surface area contributed by atoms with Gasteiger partial charge in [0.05, 0.1) is 12.0 Å². The highest BCUT2D eigenvalue weighted by molar-refractivity contribution is 9.10. The number of aliphatic carboxylic acids is 1. The molecule has 0 aliphatic carbocycles. The Kier molecular flexibility index (Phi) is 4.78. The van der Waals surface area contributed by atoms with E-state index < -0.39 is 5.97 Å². The molecule has 1 aliphatic rings. The van der Waals surface area contributed by atoms with Gasteiger partial charge in [-0.3, -0.25) is 4.79 Å². The minimum atomic E-state index is -0.731.